The van der Waals surface area contributed by atoms with Gasteiger partial charge in [-0.1, -0.05) is 11.6 Å². The zero-order valence-corrected chi connectivity index (χ0v) is 25.4. The molecule has 41 heavy (non-hydrogen) atoms. The van der Waals surface area contributed by atoms with Gasteiger partial charge in [-0.25, -0.2) is 0 Å². The fourth-order valence-corrected chi connectivity index (χ4v) is 9.11. The number of ether oxygens (including phenoxy) is 4. The van der Waals surface area contributed by atoms with Gasteiger partial charge in [-0.3, -0.25) is 19.3 Å². The van der Waals surface area contributed by atoms with Gasteiger partial charge in [0.05, 0.1) is 28.4 Å². The summed E-state index contributed by atoms with van der Waals surface area (Å²) in [7, 11) is 1.51. The van der Waals surface area contributed by atoms with Crippen LogP contribution in [0.4, 0.5) is 4.79 Å². The lowest BCUT2D eigenvalue weighted by Crippen LogP contribution is -2.51. The van der Waals surface area contributed by atoms with Gasteiger partial charge in [0, 0.05) is 11.1 Å². The van der Waals surface area contributed by atoms with E-state index in [1.807, 2.05) is 0 Å². The molecule has 0 atom stereocenters. The predicted octanol–water partition coefficient (Wildman–Crippen LogP) is 7.20. The van der Waals surface area contributed by atoms with Crippen molar-refractivity contribution in [3.8, 4) is 23.0 Å². The van der Waals surface area contributed by atoms with E-state index < -0.39 is 16.6 Å². The molecule has 4 bridgehead atoms. The van der Waals surface area contributed by atoms with Crippen molar-refractivity contribution in [2.24, 2.45) is 23.2 Å². The number of halogens is 2. The van der Waals surface area contributed by atoms with Crippen molar-refractivity contribution in [1.29, 1.82) is 0 Å². The van der Waals surface area contributed by atoms with E-state index in [9.17, 15) is 14.4 Å². The predicted molar refractivity (Wildman–Crippen MR) is 156 cm³/mol. The van der Waals surface area contributed by atoms with Crippen LogP contribution in [0.2, 0.25) is 5.02 Å². The normalized spacial score (nSPS) is 28.6. The fourth-order valence-electron chi connectivity index (χ4n) is 7.52. The molecule has 0 N–H and O–H groups in total. The Balaban J connectivity index is 1.10. The highest BCUT2D eigenvalue weighted by Crippen LogP contribution is 2.60. The SMILES string of the molecule is COc1cc(/C=C2\SC(=O)N(Cc3cc4c(cc3Cl)OCO4)C2=O)cc(Br)c1OC(=O)C12CC3CC(CC(C3)C1)C2. The van der Waals surface area contributed by atoms with Crippen LogP contribution in [0.3, 0.4) is 0 Å². The molecule has 11 heteroatoms. The van der Waals surface area contributed by atoms with Crippen molar-refractivity contribution in [1.82, 2.24) is 4.90 Å². The van der Waals surface area contributed by atoms with Crippen LogP contribution in [-0.2, 0) is 16.1 Å². The molecule has 4 aliphatic carbocycles. The Bertz CT molecular complexity index is 1490. The molecule has 8 rings (SSSR count). The summed E-state index contributed by atoms with van der Waals surface area (Å²) < 4.78 is 22.9. The van der Waals surface area contributed by atoms with Crippen molar-refractivity contribution in [3.63, 3.8) is 0 Å². The third kappa shape index (κ3) is 4.81. The van der Waals surface area contributed by atoms with Gasteiger partial charge in [0.25, 0.3) is 11.1 Å². The fraction of sp³-hybridized carbons (Fsp3) is 0.433. The highest BCUT2D eigenvalue weighted by Gasteiger charge is 2.55. The maximum atomic E-state index is 13.6. The zero-order chi connectivity index (χ0) is 28.5. The number of rotatable bonds is 6. The van der Waals surface area contributed by atoms with Crippen molar-refractivity contribution < 1.29 is 33.3 Å². The molecule has 5 fully saturated rings. The Morgan fingerprint density at radius 1 is 1.10 bits per heavy atom. The molecule has 2 amide bonds. The number of thioether (sulfide) groups is 1. The molecule has 2 aromatic rings. The summed E-state index contributed by atoms with van der Waals surface area (Å²) in [5, 5.41) is -0.0215. The highest BCUT2D eigenvalue weighted by molar-refractivity contribution is 9.10. The van der Waals surface area contributed by atoms with Crippen LogP contribution < -0.4 is 18.9 Å². The van der Waals surface area contributed by atoms with E-state index >= 15 is 0 Å². The number of amides is 2. The number of esters is 1. The highest BCUT2D eigenvalue weighted by atomic mass is 79.9. The number of methoxy groups -OCH3 is 1. The third-order valence-electron chi connectivity index (χ3n) is 8.96. The summed E-state index contributed by atoms with van der Waals surface area (Å²) in [5.41, 5.74) is 0.793. The zero-order valence-electron chi connectivity index (χ0n) is 22.2. The second kappa shape index (κ2) is 10.2. The van der Waals surface area contributed by atoms with Gasteiger partial charge in [0.15, 0.2) is 23.0 Å². The number of nitrogens with zero attached hydrogens (tertiary/aromatic N) is 1. The minimum Gasteiger partial charge on any atom is -0.493 e. The topological polar surface area (TPSA) is 91.4 Å². The van der Waals surface area contributed by atoms with E-state index in [4.69, 9.17) is 30.5 Å². The van der Waals surface area contributed by atoms with Crippen LogP contribution in [0.15, 0.2) is 33.6 Å². The molecule has 0 aromatic heterocycles. The van der Waals surface area contributed by atoms with Gasteiger partial charge in [-0.2, -0.15) is 0 Å². The first-order chi connectivity index (χ1) is 19.7. The van der Waals surface area contributed by atoms with E-state index in [0.29, 0.717) is 61.4 Å². The van der Waals surface area contributed by atoms with E-state index in [0.717, 1.165) is 35.9 Å². The average molecular weight is 661 g/mol. The minimum absolute atomic E-state index is 0.00368. The van der Waals surface area contributed by atoms with E-state index in [1.54, 1.807) is 30.3 Å². The Morgan fingerprint density at radius 3 is 2.41 bits per heavy atom. The Kier molecular flexibility index (Phi) is 6.78. The largest absolute Gasteiger partial charge is 0.493 e. The first-order valence-corrected chi connectivity index (χ1v) is 15.6. The number of fused-ring (bicyclic) bond motifs is 1. The Hall–Kier alpha value is -2.69. The molecule has 214 valence electrons. The lowest BCUT2D eigenvalue weighted by Gasteiger charge is -2.55. The first kappa shape index (κ1) is 27.2. The van der Waals surface area contributed by atoms with Crippen molar-refractivity contribution in [2.45, 2.75) is 45.1 Å². The molecular formula is C30H27BrClNO7S. The summed E-state index contributed by atoms with van der Waals surface area (Å²) >= 11 is 10.8. The average Bonchev–Trinajstić information content (AvgIpc) is 3.48. The summed E-state index contributed by atoms with van der Waals surface area (Å²) in [4.78, 5) is 41.0. The quantitative estimate of drug-likeness (QED) is 0.183. The molecule has 2 aliphatic heterocycles. The van der Waals surface area contributed by atoms with Crippen molar-refractivity contribution in [3.05, 3.63) is 49.8 Å². The monoisotopic (exact) mass is 659 g/mol. The summed E-state index contributed by atoms with van der Waals surface area (Å²) in [5.74, 6) is 3.01. The number of carbonyl (C=O) groups excluding carboxylic acids is 3. The van der Waals surface area contributed by atoms with Gasteiger partial charge in [-0.15, -0.1) is 0 Å². The van der Waals surface area contributed by atoms with Crippen molar-refractivity contribution >= 4 is 62.5 Å². The molecule has 0 spiro atoms. The molecule has 2 heterocycles. The molecule has 6 aliphatic rings. The van der Waals surface area contributed by atoms with Gasteiger partial charge >= 0.3 is 5.97 Å². The number of imide groups is 1. The third-order valence-corrected chi connectivity index (χ3v) is 10.8. The van der Waals surface area contributed by atoms with Crippen LogP contribution in [0.5, 0.6) is 23.0 Å². The van der Waals surface area contributed by atoms with Crippen LogP contribution in [0.25, 0.3) is 6.08 Å². The van der Waals surface area contributed by atoms with Gasteiger partial charge in [0.2, 0.25) is 6.79 Å². The number of hydrogen-bond acceptors (Lipinski definition) is 8. The van der Waals surface area contributed by atoms with Crippen LogP contribution >= 0.6 is 39.3 Å². The maximum absolute atomic E-state index is 13.6. The van der Waals surface area contributed by atoms with Crippen LogP contribution in [0, 0.1) is 23.2 Å². The van der Waals surface area contributed by atoms with E-state index in [2.05, 4.69) is 15.9 Å². The van der Waals surface area contributed by atoms with Crippen molar-refractivity contribution in [2.75, 3.05) is 13.9 Å². The maximum Gasteiger partial charge on any atom is 0.317 e. The summed E-state index contributed by atoms with van der Waals surface area (Å²) in [6.07, 6.45) is 8.07. The lowest BCUT2D eigenvalue weighted by atomic mass is 9.49. The second-order valence-corrected chi connectivity index (χ2v) is 13.9. The van der Waals surface area contributed by atoms with E-state index in [1.165, 1.54) is 26.4 Å². The van der Waals surface area contributed by atoms with Crippen LogP contribution in [0.1, 0.15) is 49.7 Å². The van der Waals surface area contributed by atoms with Crippen LogP contribution in [-0.4, -0.2) is 35.9 Å². The molecule has 0 radical (unpaired) electrons. The number of carbonyl (C=O) groups is 3. The molecule has 0 unspecified atom stereocenters. The molecular weight excluding hydrogens is 634 g/mol. The Morgan fingerprint density at radius 2 is 1.76 bits per heavy atom. The standard InChI is InChI=1S/C30H27BrClNO7S/c1-37-24-6-15(5-20(31)26(24)40-28(35)30-10-16-2-17(11-30)4-18(3-16)12-30)7-25-27(34)33(29(36)41-25)13-19-8-22-23(9-21(19)32)39-14-38-22/h5-9,16-18H,2-4,10-14H2,1H3/b25-7-. The molecule has 8 nitrogen and oxygen atoms in total. The summed E-state index contributed by atoms with van der Waals surface area (Å²) in [6.45, 7) is 0.0996. The minimum atomic E-state index is -0.429. The molecule has 1 saturated heterocycles. The summed E-state index contributed by atoms with van der Waals surface area (Å²) in [6, 6.07) is 6.77. The second-order valence-electron chi connectivity index (χ2n) is 11.7. The molecule has 2 aromatic carbocycles. The van der Waals surface area contributed by atoms with Gasteiger partial charge < -0.3 is 18.9 Å². The lowest BCUT2D eigenvalue weighted by molar-refractivity contribution is -0.161. The Labute approximate surface area is 254 Å². The first-order valence-electron chi connectivity index (χ1n) is 13.6. The van der Waals surface area contributed by atoms with E-state index in [-0.39, 0.29) is 24.2 Å². The smallest absolute Gasteiger partial charge is 0.317 e. The van der Waals surface area contributed by atoms with Gasteiger partial charge in [-0.05, 0) is 119 Å². The number of hydrogen-bond donors (Lipinski definition) is 0. The molecule has 4 saturated carbocycles. The number of benzene rings is 2. The van der Waals surface area contributed by atoms with Gasteiger partial charge in [0.1, 0.15) is 0 Å².